The summed E-state index contributed by atoms with van der Waals surface area (Å²) in [6.45, 7) is 2.22. The first-order chi connectivity index (χ1) is 6.31. The second-order valence-corrected chi connectivity index (χ2v) is 3.49. The molecule has 0 aromatic heterocycles. The molecule has 0 bridgehead atoms. The van der Waals surface area contributed by atoms with Gasteiger partial charge in [0.2, 0.25) is 0 Å². The smallest absolute Gasteiger partial charge is 0.119 e. The minimum absolute atomic E-state index is 0.527. The van der Waals surface area contributed by atoms with Crippen molar-refractivity contribution >= 4 is 0 Å². The zero-order chi connectivity index (χ0) is 9.26. The third kappa shape index (κ3) is 1.46. The van der Waals surface area contributed by atoms with Crippen LogP contribution in [0.3, 0.4) is 0 Å². The molecule has 0 aliphatic heterocycles. The van der Waals surface area contributed by atoms with E-state index in [0.717, 1.165) is 12.2 Å². The van der Waals surface area contributed by atoms with Crippen molar-refractivity contribution in [3.05, 3.63) is 41.5 Å². The summed E-state index contributed by atoms with van der Waals surface area (Å²) in [6, 6.07) is 6.34. The fourth-order valence-corrected chi connectivity index (χ4v) is 1.81. The Kier molecular flexibility index (Phi) is 2.09. The molecule has 0 radical (unpaired) electrons. The van der Waals surface area contributed by atoms with Gasteiger partial charge in [-0.15, -0.1) is 0 Å². The Labute approximate surface area is 79.0 Å². The molecule has 0 saturated carbocycles. The standard InChI is InChI=1S/C12H14O/c1-9-4-3-5-10-6-7-11(13-2)8-12(9)10/h3-4,6-9H,5H2,1-2H3/t9-/m0/s1. The maximum atomic E-state index is 5.20. The molecule has 1 atom stereocenters. The van der Waals surface area contributed by atoms with Gasteiger partial charge in [-0.25, -0.2) is 0 Å². The summed E-state index contributed by atoms with van der Waals surface area (Å²) in [4.78, 5) is 0. The van der Waals surface area contributed by atoms with Crippen LogP contribution in [-0.4, -0.2) is 7.11 Å². The predicted octanol–water partition coefficient (Wildman–Crippen LogP) is 2.91. The maximum Gasteiger partial charge on any atom is 0.119 e. The van der Waals surface area contributed by atoms with E-state index in [2.05, 4.69) is 31.2 Å². The Balaban J connectivity index is 2.45. The number of fused-ring (bicyclic) bond motifs is 1. The van der Waals surface area contributed by atoms with Crippen LogP contribution in [0.2, 0.25) is 0 Å². The SMILES string of the molecule is COc1ccc2c(c1)[C@@H](C)C=CC2. The first-order valence-corrected chi connectivity index (χ1v) is 4.64. The average molecular weight is 174 g/mol. The number of ether oxygens (including phenoxy) is 1. The fourth-order valence-electron chi connectivity index (χ4n) is 1.81. The number of rotatable bonds is 1. The minimum Gasteiger partial charge on any atom is -0.497 e. The van der Waals surface area contributed by atoms with Gasteiger partial charge in [0, 0.05) is 0 Å². The highest BCUT2D eigenvalue weighted by atomic mass is 16.5. The van der Waals surface area contributed by atoms with Crippen molar-refractivity contribution in [2.24, 2.45) is 0 Å². The Morgan fingerprint density at radius 2 is 2.23 bits per heavy atom. The summed E-state index contributed by atoms with van der Waals surface area (Å²) in [6.07, 6.45) is 5.55. The van der Waals surface area contributed by atoms with Crippen molar-refractivity contribution < 1.29 is 4.74 Å². The van der Waals surface area contributed by atoms with Crippen molar-refractivity contribution in [1.82, 2.24) is 0 Å². The Bertz CT molecular complexity index is 339. The van der Waals surface area contributed by atoms with Gasteiger partial charge in [-0.3, -0.25) is 0 Å². The predicted molar refractivity (Wildman–Crippen MR) is 54.3 cm³/mol. The van der Waals surface area contributed by atoms with E-state index in [9.17, 15) is 0 Å². The molecule has 1 aromatic carbocycles. The van der Waals surface area contributed by atoms with Crippen LogP contribution in [0.15, 0.2) is 30.4 Å². The van der Waals surface area contributed by atoms with E-state index in [1.165, 1.54) is 11.1 Å². The van der Waals surface area contributed by atoms with Crippen LogP contribution < -0.4 is 4.74 Å². The Morgan fingerprint density at radius 1 is 1.38 bits per heavy atom. The molecule has 0 N–H and O–H groups in total. The molecule has 0 heterocycles. The monoisotopic (exact) mass is 174 g/mol. The average Bonchev–Trinajstić information content (AvgIpc) is 2.18. The van der Waals surface area contributed by atoms with Crippen LogP contribution >= 0.6 is 0 Å². The first kappa shape index (κ1) is 8.36. The Morgan fingerprint density at radius 3 is 3.00 bits per heavy atom. The van der Waals surface area contributed by atoms with Crippen LogP contribution in [0, 0.1) is 0 Å². The topological polar surface area (TPSA) is 9.23 Å². The lowest BCUT2D eigenvalue weighted by molar-refractivity contribution is 0.414. The van der Waals surface area contributed by atoms with Crippen LogP contribution in [-0.2, 0) is 6.42 Å². The van der Waals surface area contributed by atoms with Crippen LogP contribution in [0.1, 0.15) is 24.0 Å². The molecule has 0 saturated heterocycles. The summed E-state index contributed by atoms with van der Waals surface area (Å²) in [7, 11) is 1.71. The lowest BCUT2D eigenvalue weighted by Gasteiger charge is -2.17. The molecule has 1 nitrogen and oxygen atoms in total. The van der Waals surface area contributed by atoms with E-state index in [1.54, 1.807) is 7.11 Å². The van der Waals surface area contributed by atoms with Gasteiger partial charge in [-0.1, -0.05) is 25.1 Å². The van der Waals surface area contributed by atoms with E-state index in [4.69, 9.17) is 4.74 Å². The van der Waals surface area contributed by atoms with Crippen molar-refractivity contribution in [3.8, 4) is 5.75 Å². The number of allylic oxidation sites excluding steroid dienone is 2. The Hall–Kier alpha value is -1.24. The van der Waals surface area contributed by atoms with E-state index >= 15 is 0 Å². The molecule has 1 aliphatic carbocycles. The number of hydrogen-bond donors (Lipinski definition) is 0. The fraction of sp³-hybridized carbons (Fsp3) is 0.333. The third-order valence-electron chi connectivity index (χ3n) is 2.61. The quantitative estimate of drug-likeness (QED) is 0.595. The molecule has 0 unspecified atom stereocenters. The number of benzene rings is 1. The number of hydrogen-bond acceptors (Lipinski definition) is 1. The second kappa shape index (κ2) is 3.25. The van der Waals surface area contributed by atoms with E-state index in [-0.39, 0.29) is 0 Å². The summed E-state index contributed by atoms with van der Waals surface area (Å²) in [5, 5.41) is 0. The van der Waals surface area contributed by atoms with Gasteiger partial charge in [0.05, 0.1) is 7.11 Å². The summed E-state index contributed by atoms with van der Waals surface area (Å²) in [5.41, 5.74) is 2.83. The van der Waals surface area contributed by atoms with Gasteiger partial charge in [0.1, 0.15) is 5.75 Å². The molecule has 68 valence electrons. The zero-order valence-corrected chi connectivity index (χ0v) is 8.08. The molecular weight excluding hydrogens is 160 g/mol. The molecule has 0 fully saturated rings. The molecule has 0 spiro atoms. The molecule has 1 aliphatic rings. The van der Waals surface area contributed by atoms with Gasteiger partial charge in [-0.2, -0.15) is 0 Å². The normalized spacial score (nSPS) is 19.7. The van der Waals surface area contributed by atoms with Crippen LogP contribution in [0.25, 0.3) is 0 Å². The maximum absolute atomic E-state index is 5.20. The summed E-state index contributed by atoms with van der Waals surface area (Å²) in [5.74, 6) is 1.49. The highest BCUT2D eigenvalue weighted by Crippen LogP contribution is 2.29. The summed E-state index contributed by atoms with van der Waals surface area (Å²) < 4.78 is 5.20. The molecule has 1 aromatic rings. The van der Waals surface area contributed by atoms with Crippen LogP contribution in [0.5, 0.6) is 5.75 Å². The van der Waals surface area contributed by atoms with Gasteiger partial charge >= 0.3 is 0 Å². The zero-order valence-electron chi connectivity index (χ0n) is 8.08. The van der Waals surface area contributed by atoms with Crippen molar-refractivity contribution in [2.75, 3.05) is 7.11 Å². The van der Waals surface area contributed by atoms with Crippen molar-refractivity contribution in [1.29, 1.82) is 0 Å². The molecule has 1 heteroatoms. The minimum atomic E-state index is 0.527. The van der Waals surface area contributed by atoms with Crippen LogP contribution in [0.4, 0.5) is 0 Å². The molecule has 13 heavy (non-hydrogen) atoms. The van der Waals surface area contributed by atoms with Gasteiger partial charge < -0.3 is 4.74 Å². The molecular formula is C12H14O. The van der Waals surface area contributed by atoms with E-state index in [0.29, 0.717) is 5.92 Å². The lowest BCUT2D eigenvalue weighted by atomic mass is 9.89. The summed E-state index contributed by atoms with van der Waals surface area (Å²) >= 11 is 0. The lowest BCUT2D eigenvalue weighted by Crippen LogP contribution is -2.01. The largest absolute Gasteiger partial charge is 0.497 e. The van der Waals surface area contributed by atoms with Gasteiger partial charge in [0.15, 0.2) is 0 Å². The van der Waals surface area contributed by atoms with E-state index in [1.807, 2.05) is 6.07 Å². The van der Waals surface area contributed by atoms with E-state index < -0.39 is 0 Å². The van der Waals surface area contributed by atoms with Crippen molar-refractivity contribution in [3.63, 3.8) is 0 Å². The number of methoxy groups -OCH3 is 1. The highest BCUT2D eigenvalue weighted by Gasteiger charge is 2.11. The van der Waals surface area contributed by atoms with Gasteiger partial charge in [-0.05, 0) is 35.6 Å². The van der Waals surface area contributed by atoms with Gasteiger partial charge in [0.25, 0.3) is 0 Å². The highest BCUT2D eigenvalue weighted by molar-refractivity contribution is 5.42. The second-order valence-electron chi connectivity index (χ2n) is 3.49. The molecule has 0 amide bonds. The molecule has 2 rings (SSSR count). The van der Waals surface area contributed by atoms with Crippen molar-refractivity contribution in [2.45, 2.75) is 19.3 Å². The third-order valence-corrected chi connectivity index (χ3v) is 2.61. The first-order valence-electron chi connectivity index (χ1n) is 4.64.